The number of benzene rings is 2. The Morgan fingerprint density at radius 2 is 1.58 bits per heavy atom. The van der Waals surface area contributed by atoms with Gasteiger partial charge >= 0.3 is 0 Å². The van der Waals surface area contributed by atoms with E-state index in [0.717, 1.165) is 11.3 Å². The van der Waals surface area contributed by atoms with E-state index in [1.807, 2.05) is 60.7 Å². The standard InChI is InChI=1S/C19H14N4O/c24-19-16(14-7-3-1-4-8-14)13-20-22-18(19)17-11-12-21-23(17)15-9-5-2-6-10-15/h1-13H,(H,20,24). The summed E-state index contributed by atoms with van der Waals surface area (Å²) in [6, 6.07) is 21.0. The normalized spacial score (nSPS) is 10.7. The second-order valence-electron chi connectivity index (χ2n) is 5.31. The average molecular weight is 314 g/mol. The molecule has 0 unspecified atom stereocenters. The summed E-state index contributed by atoms with van der Waals surface area (Å²) < 4.78 is 1.71. The summed E-state index contributed by atoms with van der Waals surface area (Å²) >= 11 is 0. The van der Waals surface area contributed by atoms with E-state index in [0.29, 0.717) is 17.0 Å². The summed E-state index contributed by atoms with van der Waals surface area (Å²) in [4.78, 5) is 12.9. The van der Waals surface area contributed by atoms with E-state index in [9.17, 15) is 4.79 Å². The number of rotatable bonds is 3. The molecule has 0 aliphatic rings. The summed E-state index contributed by atoms with van der Waals surface area (Å²) in [6.07, 6.45) is 3.29. The molecule has 2 aromatic carbocycles. The molecule has 0 spiro atoms. The van der Waals surface area contributed by atoms with Gasteiger partial charge in [0.1, 0.15) is 0 Å². The van der Waals surface area contributed by atoms with Crippen LogP contribution in [0.2, 0.25) is 0 Å². The van der Waals surface area contributed by atoms with Crippen molar-refractivity contribution in [3.05, 3.63) is 89.3 Å². The summed E-state index contributed by atoms with van der Waals surface area (Å²) in [5.74, 6) is 0. The second-order valence-corrected chi connectivity index (χ2v) is 5.31. The minimum absolute atomic E-state index is 0.127. The van der Waals surface area contributed by atoms with Crippen LogP contribution in [0.4, 0.5) is 0 Å². The molecule has 1 N–H and O–H groups in total. The van der Waals surface area contributed by atoms with Crippen LogP contribution in [0.1, 0.15) is 0 Å². The molecule has 5 heteroatoms. The second kappa shape index (κ2) is 5.96. The lowest BCUT2D eigenvalue weighted by Crippen LogP contribution is -2.13. The van der Waals surface area contributed by atoms with Crippen molar-refractivity contribution in [2.45, 2.75) is 0 Å². The van der Waals surface area contributed by atoms with Crippen LogP contribution in [0, 0.1) is 0 Å². The van der Waals surface area contributed by atoms with E-state index in [-0.39, 0.29) is 5.43 Å². The maximum Gasteiger partial charge on any atom is 0.217 e. The molecule has 0 atom stereocenters. The van der Waals surface area contributed by atoms with E-state index in [4.69, 9.17) is 0 Å². The van der Waals surface area contributed by atoms with E-state index >= 15 is 0 Å². The lowest BCUT2D eigenvalue weighted by molar-refractivity contribution is 0.876. The molecule has 0 radical (unpaired) electrons. The predicted molar refractivity (Wildman–Crippen MR) is 92.9 cm³/mol. The van der Waals surface area contributed by atoms with Crippen LogP contribution in [0.5, 0.6) is 0 Å². The van der Waals surface area contributed by atoms with E-state index in [1.54, 1.807) is 23.1 Å². The fourth-order valence-corrected chi connectivity index (χ4v) is 2.67. The number of para-hydroxylation sites is 1. The van der Waals surface area contributed by atoms with E-state index < -0.39 is 0 Å². The van der Waals surface area contributed by atoms with Crippen LogP contribution >= 0.6 is 0 Å². The first kappa shape index (κ1) is 14.1. The number of aromatic amines is 1. The highest BCUT2D eigenvalue weighted by atomic mass is 16.1. The van der Waals surface area contributed by atoms with Gasteiger partial charge in [0.15, 0.2) is 5.69 Å². The Morgan fingerprint density at radius 3 is 2.33 bits per heavy atom. The predicted octanol–water partition coefficient (Wildman–Crippen LogP) is 3.29. The molecule has 4 aromatic rings. The zero-order valence-electron chi connectivity index (χ0n) is 12.8. The van der Waals surface area contributed by atoms with Gasteiger partial charge in [-0.1, -0.05) is 48.5 Å². The van der Waals surface area contributed by atoms with Crippen LogP contribution in [-0.4, -0.2) is 20.0 Å². The third-order valence-electron chi connectivity index (χ3n) is 3.82. The third kappa shape index (κ3) is 2.42. The van der Waals surface area contributed by atoms with Crippen molar-refractivity contribution in [3.8, 4) is 28.2 Å². The molecule has 0 amide bonds. The highest BCUT2D eigenvalue weighted by Crippen LogP contribution is 2.20. The van der Waals surface area contributed by atoms with Crippen molar-refractivity contribution < 1.29 is 0 Å². The van der Waals surface area contributed by atoms with Crippen molar-refractivity contribution in [1.82, 2.24) is 20.0 Å². The quantitative estimate of drug-likeness (QED) is 0.631. The van der Waals surface area contributed by atoms with Gasteiger partial charge < -0.3 is 0 Å². The summed E-state index contributed by atoms with van der Waals surface area (Å²) in [7, 11) is 0. The molecule has 24 heavy (non-hydrogen) atoms. The molecule has 0 saturated heterocycles. The fourth-order valence-electron chi connectivity index (χ4n) is 2.67. The highest BCUT2D eigenvalue weighted by Gasteiger charge is 2.15. The first-order valence-corrected chi connectivity index (χ1v) is 7.58. The van der Waals surface area contributed by atoms with Gasteiger partial charge in [0, 0.05) is 11.8 Å². The number of hydrogen-bond acceptors (Lipinski definition) is 3. The summed E-state index contributed by atoms with van der Waals surface area (Å²) in [5, 5.41) is 11.4. The van der Waals surface area contributed by atoms with Crippen LogP contribution in [0.3, 0.4) is 0 Å². The topological polar surface area (TPSA) is 63.6 Å². The lowest BCUT2D eigenvalue weighted by Gasteiger charge is -2.07. The Labute approximate surface area is 138 Å². The molecule has 0 saturated carbocycles. The van der Waals surface area contributed by atoms with Gasteiger partial charge in [-0.15, -0.1) is 0 Å². The number of H-pyrrole nitrogens is 1. The zero-order chi connectivity index (χ0) is 16.4. The van der Waals surface area contributed by atoms with Crippen molar-refractivity contribution in [3.63, 3.8) is 0 Å². The number of aromatic nitrogens is 4. The molecule has 5 nitrogen and oxygen atoms in total. The Morgan fingerprint density at radius 1 is 0.875 bits per heavy atom. The zero-order valence-corrected chi connectivity index (χ0v) is 12.8. The molecule has 0 aliphatic heterocycles. The Kier molecular flexibility index (Phi) is 3.51. The van der Waals surface area contributed by atoms with Crippen LogP contribution < -0.4 is 5.43 Å². The monoisotopic (exact) mass is 314 g/mol. The number of hydrogen-bond donors (Lipinski definition) is 1. The van der Waals surface area contributed by atoms with Crippen molar-refractivity contribution in [2.75, 3.05) is 0 Å². The third-order valence-corrected chi connectivity index (χ3v) is 3.82. The highest BCUT2D eigenvalue weighted by molar-refractivity contribution is 5.68. The van der Waals surface area contributed by atoms with E-state index in [1.165, 1.54) is 0 Å². The maximum atomic E-state index is 12.9. The molecule has 2 heterocycles. The Hall–Kier alpha value is -3.47. The summed E-state index contributed by atoms with van der Waals surface area (Å²) in [6.45, 7) is 0. The number of nitrogens with zero attached hydrogens (tertiary/aromatic N) is 3. The van der Waals surface area contributed by atoms with Gasteiger partial charge in [-0.3, -0.25) is 9.89 Å². The lowest BCUT2D eigenvalue weighted by atomic mass is 10.1. The van der Waals surface area contributed by atoms with Gasteiger partial charge in [0.2, 0.25) is 5.43 Å². The van der Waals surface area contributed by atoms with Gasteiger partial charge in [0.25, 0.3) is 0 Å². The Bertz CT molecular complexity index is 1020. The molecule has 4 rings (SSSR count). The van der Waals surface area contributed by atoms with Gasteiger partial charge in [-0.05, 0) is 23.8 Å². The first-order chi connectivity index (χ1) is 11.8. The maximum absolute atomic E-state index is 12.9. The average Bonchev–Trinajstić information content (AvgIpc) is 3.13. The SMILES string of the molecule is O=c1c(-c2ccccc2)c[nH]nc1-c1ccnn1-c1ccccc1. The van der Waals surface area contributed by atoms with Gasteiger partial charge in [-0.25, -0.2) is 4.68 Å². The van der Waals surface area contributed by atoms with Crippen molar-refractivity contribution in [1.29, 1.82) is 0 Å². The van der Waals surface area contributed by atoms with Gasteiger partial charge in [-0.2, -0.15) is 10.2 Å². The molecule has 0 fully saturated rings. The van der Waals surface area contributed by atoms with Crippen LogP contribution in [0.25, 0.3) is 28.2 Å². The van der Waals surface area contributed by atoms with E-state index in [2.05, 4.69) is 15.3 Å². The van der Waals surface area contributed by atoms with Crippen LogP contribution in [-0.2, 0) is 0 Å². The van der Waals surface area contributed by atoms with Crippen molar-refractivity contribution >= 4 is 0 Å². The molecule has 0 bridgehead atoms. The van der Waals surface area contributed by atoms with Crippen LogP contribution in [0.15, 0.2) is 83.9 Å². The number of nitrogens with one attached hydrogen (secondary N) is 1. The minimum Gasteiger partial charge on any atom is -0.287 e. The van der Waals surface area contributed by atoms with Crippen molar-refractivity contribution in [2.24, 2.45) is 0 Å². The molecular formula is C19H14N4O. The Balaban J connectivity index is 1.88. The van der Waals surface area contributed by atoms with Gasteiger partial charge in [0.05, 0.1) is 17.6 Å². The molecule has 116 valence electrons. The fraction of sp³-hybridized carbons (Fsp3) is 0. The molecule has 2 aromatic heterocycles. The summed E-state index contributed by atoms with van der Waals surface area (Å²) in [5.41, 5.74) is 3.19. The first-order valence-electron chi connectivity index (χ1n) is 7.58. The minimum atomic E-state index is -0.127. The smallest absolute Gasteiger partial charge is 0.217 e. The molecule has 0 aliphatic carbocycles. The largest absolute Gasteiger partial charge is 0.287 e. The molecular weight excluding hydrogens is 300 g/mol.